The van der Waals surface area contributed by atoms with Gasteiger partial charge in [0.2, 0.25) is 0 Å². The average Bonchev–Trinajstić information content (AvgIpc) is 2.29. The highest BCUT2D eigenvalue weighted by Gasteiger charge is 2.03. The van der Waals surface area contributed by atoms with Crippen LogP contribution in [-0.4, -0.2) is 0 Å². The van der Waals surface area contributed by atoms with E-state index in [0.717, 1.165) is 11.1 Å². The Morgan fingerprint density at radius 2 is 2.00 bits per heavy atom. The molecule has 0 saturated carbocycles. The molecule has 0 saturated heterocycles. The summed E-state index contributed by atoms with van der Waals surface area (Å²) in [6.07, 6.45) is 3.66. The molecule has 90 valence electrons. The van der Waals surface area contributed by atoms with Gasteiger partial charge in [0.05, 0.1) is 0 Å². The van der Waals surface area contributed by atoms with Crippen LogP contribution >= 0.6 is 11.6 Å². The summed E-state index contributed by atoms with van der Waals surface area (Å²) in [5.41, 5.74) is 11.0. The standard InChI is InChI=1S/C15H18ClN/c1-5-13(9-15(17)12(4)16)14-8-10(2)6-7-11(14)3/h5-9H,1,17H2,2-4H3/b13-9+,15-12-. The van der Waals surface area contributed by atoms with Crippen molar-refractivity contribution in [2.24, 2.45) is 5.73 Å². The first-order chi connectivity index (χ1) is 7.95. The predicted molar refractivity (Wildman–Crippen MR) is 76.8 cm³/mol. The molecule has 17 heavy (non-hydrogen) atoms. The molecule has 0 aliphatic heterocycles. The molecule has 0 unspecified atom stereocenters. The number of allylic oxidation sites excluding steroid dienone is 4. The zero-order valence-electron chi connectivity index (χ0n) is 10.5. The zero-order valence-corrected chi connectivity index (χ0v) is 11.3. The summed E-state index contributed by atoms with van der Waals surface area (Å²) in [7, 11) is 0. The predicted octanol–water partition coefficient (Wildman–Crippen LogP) is 4.30. The van der Waals surface area contributed by atoms with Gasteiger partial charge in [-0.1, -0.05) is 48.0 Å². The van der Waals surface area contributed by atoms with E-state index in [2.05, 4.69) is 38.6 Å². The van der Waals surface area contributed by atoms with E-state index in [1.807, 2.05) is 6.08 Å². The summed E-state index contributed by atoms with van der Waals surface area (Å²) in [6.45, 7) is 9.74. The minimum atomic E-state index is 0.572. The smallest absolute Gasteiger partial charge is 0.0464 e. The molecular weight excluding hydrogens is 230 g/mol. The zero-order chi connectivity index (χ0) is 13.0. The number of rotatable bonds is 3. The minimum Gasteiger partial charge on any atom is -0.398 e. The van der Waals surface area contributed by atoms with Gasteiger partial charge >= 0.3 is 0 Å². The monoisotopic (exact) mass is 247 g/mol. The number of hydrogen-bond donors (Lipinski definition) is 1. The fraction of sp³-hybridized carbons (Fsp3) is 0.200. The second-order valence-electron chi connectivity index (χ2n) is 4.11. The first-order valence-electron chi connectivity index (χ1n) is 5.49. The largest absolute Gasteiger partial charge is 0.398 e. The lowest BCUT2D eigenvalue weighted by Crippen LogP contribution is -1.97. The van der Waals surface area contributed by atoms with Crippen LogP contribution in [0.2, 0.25) is 0 Å². The van der Waals surface area contributed by atoms with Crippen molar-refractivity contribution in [1.82, 2.24) is 0 Å². The molecule has 0 aliphatic rings. The molecule has 0 atom stereocenters. The number of hydrogen-bond acceptors (Lipinski definition) is 1. The van der Waals surface area contributed by atoms with E-state index in [1.54, 1.807) is 13.0 Å². The highest BCUT2D eigenvalue weighted by Crippen LogP contribution is 2.22. The van der Waals surface area contributed by atoms with Crippen LogP contribution in [0, 0.1) is 13.8 Å². The number of halogens is 1. The van der Waals surface area contributed by atoms with Gasteiger partial charge in [0, 0.05) is 10.7 Å². The highest BCUT2D eigenvalue weighted by atomic mass is 35.5. The van der Waals surface area contributed by atoms with E-state index in [0.29, 0.717) is 10.7 Å². The van der Waals surface area contributed by atoms with Crippen molar-refractivity contribution in [3.63, 3.8) is 0 Å². The average molecular weight is 248 g/mol. The van der Waals surface area contributed by atoms with Crippen molar-refractivity contribution < 1.29 is 0 Å². The lowest BCUT2D eigenvalue weighted by atomic mass is 9.97. The molecule has 2 heteroatoms. The van der Waals surface area contributed by atoms with Crippen molar-refractivity contribution in [1.29, 1.82) is 0 Å². The summed E-state index contributed by atoms with van der Waals surface area (Å²) in [5.74, 6) is 0. The molecule has 0 fully saturated rings. The normalized spacial score (nSPS) is 13.3. The highest BCUT2D eigenvalue weighted by molar-refractivity contribution is 6.29. The number of nitrogens with two attached hydrogens (primary N) is 1. The van der Waals surface area contributed by atoms with Crippen molar-refractivity contribution in [2.75, 3.05) is 0 Å². The van der Waals surface area contributed by atoms with Crippen LogP contribution in [0.1, 0.15) is 23.6 Å². The molecule has 0 amide bonds. The van der Waals surface area contributed by atoms with Crippen LogP contribution in [-0.2, 0) is 0 Å². The van der Waals surface area contributed by atoms with Gasteiger partial charge in [-0.2, -0.15) is 0 Å². The minimum absolute atomic E-state index is 0.572. The topological polar surface area (TPSA) is 26.0 Å². The first-order valence-corrected chi connectivity index (χ1v) is 5.87. The van der Waals surface area contributed by atoms with Crippen molar-refractivity contribution in [3.8, 4) is 0 Å². The summed E-state index contributed by atoms with van der Waals surface area (Å²) >= 11 is 5.86. The van der Waals surface area contributed by atoms with Crippen LogP contribution in [0.15, 0.2) is 47.7 Å². The second kappa shape index (κ2) is 5.74. The molecule has 0 spiro atoms. The summed E-state index contributed by atoms with van der Waals surface area (Å²) in [6, 6.07) is 6.31. The third-order valence-electron chi connectivity index (χ3n) is 2.63. The Hall–Kier alpha value is -1.47. The Labute approximate surface area is 108 Å². The molecule has 1 nitrogen and oxygen atoms in total. The van der Waals surface area contributed by atoms with Crippen LogP contribution in [0.4, 0.5) is 0 Å². The first kappa shape index (κ1) is 13.6. The molecule has 0 bridgehead atoms. The summed E-state index contributed by atoms with van der Waals surface area (Å²) in [4.78, 5) is 0. The van der Waals surface area contributed by atoms with Gasteiger partial charge < -0.3 is 5.73 Å². The maximum absolute atomic E-state index is 5.86. The fourth-order valence-electron chi connectivity index (χ4n) is 1.56. The SMILES string of the molecule is C=C/C(=C\C(N)=C(/C)Cl)c1cc(C)ccc1C. The van der Waals surface area contributed by atoms with Crippen LogP contribution in [0.3, 0.4) is 0 Å². The van der Waals surface area contributed by atoms with E-state index in [1.165, 1.54) is 11.1 Å². The molecule has 1 aromatic carbocycles. The molecule has 0 heterocycles. The third kappa shape index (κ3) is 3.50. The molecule has 0 aromatic heterocycles. The van der Waals surface area contributed by atoms with Gasteiger partial charge in [-0.15, -0.1) is 0 Å². The maximum Gasteiger partial charge on any atom is 0.0464 e. The summed E-state index contributed by atoms with van der Waals surface area (Å²) in [5, 5.41) is 0.592. The lowest BCUT2D eigenvalue weighted by Gasteiger charge is -2.09. The van der Waals surface area contributed by atoms with Crippen LogP contribution in [0.5, 0.6) is 0 Å². The Bertz CT molecular complexity index is 492. The molecule has 0 radical (unpaired) electrons. The molecule has 2 N–H and O–H groups in total. The van der Waals surface area contributed by atoms with Gasteiger partial charge in [-0.05, 0) is 43.5 Å². The second-order valence-corrected chi connectivity index (χ2v) is 4.68. The maximum atomic E-state index is 5.86. The van der Waals surface area contributed by atoms with E-state index < -0.39 is 0 Å². The van der Waals surface area contributed by atoms with Crippen molar-refractivity contribution in [3.05, 3.63) is 64.3 Å². The van der Waals surface area contributed by atoms with Crippen molar-refractivity contribution in [2.45, 2.75) is 20.8 Å². The van der Waals surface area contributed by atoms with Gasteiger partial charge in [0.1, 0.15) is 0 Å². The quantitative estimate of drug-likeness (QED) is 0.792. The Morgan fingerprint density at radius 3 is 2.53 bits per heavy atom. The lowest BCUT2D eigenvalue weighted by molar-refractivity contribution is 1.34. The van der Waals surface area contributed by atoms with Crippen LogP contribution < -0.4 is 5.73 Å². The van der Waals surface area contributed by atoms with Crippen molar-refractivity contribution >= 4 is 17.2 Å². The van der Waals surface area contributed by atoms with Gasteiger partial charge in [-0.3, -0.25) is 0 Å². The molecule has 1 rings (SSSR count). The Morgan fingerprint density at radius 1 is 1.35 bits per heavy atom. The third-order valence-corrected chi connectivity index (χ3v) is 2.85. The Balaban J connectivity index is 3.33. The van der Waals surface area contributed by atoms with Gasteiger partial charge in [0.15, 0.2) is 0 Å². The van der Waals surface area contributed by atoms with E-state index >= 15 is 0 Å². The van der Waals surface area contributed by atoms with Gasteiger partial charge in [-0.25, -0.2) is 0 Å². The van der Waals surface area contributed by atoms with E-state index in [4.69, 9.17) is 17.3 Å². The fourth-order valence-corrected chi connectivity index (χ4v) is 1.62. The Kier molecular flexibility index (Phi) is 4.59. The van der Waals surface area contributed by atoms with Crippen LogP contribution in [0.25, 0.3) is 5.57 Å². The molecular formula is C15H18ClN. The number of aryl methyl sites for hydroxylation is 2. The number of benzene rings is 1. The van der Waals surface area contributed by atoms with Gasteiger partial charge in [0.25, 0.3) is 0 Å². The molecule has 1 aromatic rings. The molecule has 0 aliphatic carbocycles. The van der Waals surface area contributed by atoms with E-state index in [9.17, 15) is 0 Å². The van der Waals surface area contributed by atoms with E-state index in [-0.39, 0.29) is 0 Å². The summed E-state index contributed by atoms with van der Waals surface area (Å²) < 4.78 is 0.